The summed E-state index contributed by atoms with van der Waals surface area (Å²) in [5.74, 6) is 0.0503. The third-order valence-electron chi connectivity index (χ3n) is 4.59. The largest absolute Gasteiger partial charge is 0.456 e. The first kappa shape index (κ1) is 22.7. The number of carbonyl (C=O) groups excluding carboxylic acids is 1. The minimum absolute atomic E-state index is 0.0288. The highest BCUT2D eigenvalue weighted by molar-refractivity contribution is 7.89. The maximum atomic E-state index is 12.8. The predicted octanol–water partition coefficient (Wildman–Crippen LogP) is 2.98. The summed E-state index contributed by atoms with van der Waals surface area (Å²) in [5, 5.41) is 5.53. The summed E-state index contributed by atoms with van der Waals surface area (Å²) >= 11 is 1.35. The van der Waals surface area contributed by atoms with Crippen molar-refractivity contribution >= 4 is 32.5 Å². The van der Waals surface area contributed by atoms with E-state index in [0.29, 0.717) is 42.9 Å². The third kappa shape index (κ3) is 6.00. The number of nitrogens with zero attached hydrogens (tertiary/aromatic N) is 2. The van der Waals surface area contributed by atoms with Gasteiger partial charge in [0.25, 0.3) is 0 Å². The van der Waals surface area contributed by atoms with Crippen LogP contribution in [0.15, 0.2) is 34.5 Å². The van der Waals surface area contributed by atoms with Gasteiger partial charge < -0.3 is 14.8 Å². The van der Waals surface area contributed by atoms with Crippen LogP contribution < -0.4 is 5.32 Å². The van der Waals surface area contributed by atoms with Crippen molar-refractivity contribution in [1.29, 1.82) is 0 Å². The highest BCUT2D eigenvalue weighted by Crippen LogP contribution is 2.20. The second-order valence-corrected chi connectivity index (χ2v) is 10.2. The zero-order valence-electron chi connectivity index (χ0n) is 17.2. The van der Waals surface area contributed by atoms with Gasteiger partial charge in [-0.15, -0.1) is 11.3 Å². The van der Waals surface area contributed by atoms with Crippen molar-refractivity contribution in [3.63, 3.8) is 0 Å². The fourth-order valence-electron chi connectivity index (χ4n) is 2.87. The Hall–Kier alpha value is -2.01. The molecule has 1 aliphatic rings. The number of carbonyl (C=O) groups is 1. The summed E-state index contributed by atoms with van der Waals surface area (Å²) in [6.07, 6.45) is 1.02. The summed E-state index contributed by atoms with van der Waals surface area (Å²) in [6.45, 7) is 6.50. The maximum Gasteiger partial charge on any atom is 0.358 e. The van der Waals surface area contributed by atoms with E-state index in [1.807, 2.05) is 0 Å². The molecule has 8 nitrogen and oxygen atoms in total. The van der Waals surface area contributed by atoms with Gasteiger partial charge in [0.1, 0.15) is 6.61 Å². The average molecular weight is 454 g/mol. The van der Waals surface area contributed by atoms with Gasteiger partial charge in [-0.1, -0.05) is 26.0 Å². The molecule has 1 N–H and O–H groups in total. The highest BCUT2D eigenvalue weighted by Gasteiger charge is 2.26. The summed E-state index contributed by atoms with van der Waals surface area (Å²) in [6, 6.07) is 6.46. The lowest BCUT2D eigenvalue weighted by atomic mass is 10.1. The van der Waals surface area contributed by atoms with Gasteiger partial charge in [0.15, 0.2) is 10.8 Å². The number of aromatic nitrogens is 1. The van der Waals surface area contributed by atoms with Crippen molar-refractivity contribution in [2.24, 2.45) is 5.92 Å². The van der Waals surface area contributed by atoms with Crippen molar-refractivity contribution in [3.05, 3.63) is 40.9 Å². The third-order valence-corrected chi connectivity index (χ3v) is 7.28. The van der Waals surface area contributed by atoms with Crippen molar-refractivity contribution in [2.75, 3.05) is 38.2 Å². The van der Waals surface area contributed by atoms with E-state index in [1.165, 1.54) is 21.7 Å². The number of anilines is 1. The van der Waals surface area contributed by atoms with Crippen LogP contribution >= 0.6 is 11.3 Å². The first-order valence-electron chi connectivity index (χ1n) is 9.89. The molecule has 10 heteroatoms. The SMILES string of the molecule is CC(C)CCNc1nc(C(=O)OCc2cccc(S(=O)(=O)N3CCOCC3)c2)cs1. The Balaban J connectivity index is 1.58. The quantitative estimate of drug-likeness (QED) is 0.583. The number of esters is 1. The Morgan fingerprint density at radius 1 is 1.33 bits per heavy atom. The van der Waals surface area contributed by atoms with Crippen LogP contribution in [0.5, 0.6) is 0 Å². The maximum absolute atomic E-state index is 12.8. The van der Waals surface area contributed by atoms with Crippen molar-refractivity contribution < 1.29 is 22.7 Å². The van der Waals surface area contributed by atoms with Crippen LogP contribution in [0.3, 0.4) is 0 Å². The fraction of sp³-hybridized carbons (Fsp3) is 0.500. The van der Waals surface area contributed by atoms with Crippen molar-refractivity contribution in [2.45, 2.75) is 31.8 Å². The molecule has 0 amide bonds. The van der Waals surface area contributed by atoms with E-state index in [2.05, 4.69) is 24.1 Å². The van der Waals surface area contributed by atoms with Gasteiger partial charge in [-0.2, -0.15) is 4.31 Å². The second-order valence-electron chi connectivity index (χ2n) is 7.39. The standard InChI is InChI=1S/C20H27N3O5S2/c1-15(2)6-7-21-20-22-18(14-29-20)19(24)28-13-16-4-3-5-17(12-16)30(25,26)23-8-10-27-11-9-23/h3-5,12,14-15H,6-11,13H2,1-2H3,(H,21,22). The molecule has 30 heavy (non-hydrogen) atoms. The number of hydrogen-bond donors (Lipinski definition) is 1. The van der Waals surface area contributed by atoms with Gasteiger partial charge >= 0.3 is 5.97 Å². The van der Waals surface area contributed by atoms with E-state index in [9.17, 15) is 13.2 Å². The number of morpholine rings is 1. The number of hydrogen-bond acceptors (Lipinski definition) is 8. The van der Waals surface area contributed by atoms with Crippen LogP contribution in [0.2, 0.25) is 0 Å². The Bertz CT molecular complexity index is 953. The molecule has 1 aliphatic heterocycles. The minimum Gasteiger partial charge on any atom is -0.456 e. The second kappa shape index (κ2) is 10.3. The molecule has 0 radical (unpaired) electrons. The molecule has 1 fully saturated rings. The monoisotopic (exact) mass is 453 g/mol. The molecule has 0 bridgehead atoms. The van der Waals surface area contributed by atoms with Crippen LogP contribution in [-0.2, 0) is 26.1 Å². The van der Waals surface area contributed by atoms with E-state index in [1.54, 1.807) is 23.6 Å². The van der Waals surface area contributed by atoms with Crippen LogP contribution in [0.25, 0.3) is 0 Å². The van der Waals surface area contributed by atoms with Crippen molar-refractivity contribution in [1.82, 2.24) is 9.29 Å². The lowest BCUT2D eigenvalue weighted by Gasteiger charge is -2.26. The molecule has 164 valence electrons. The molecule has 0 spiro atoms. The fourth-order valence-corrected chi connectivity index (χ4v) is 5.06. The number of benzene rings is 1. The zero-order chi connectivity index (χ0) is 21.6. The van der Waals surface area contributed by atoms with Crippen molar-refractivity contribution in [3.8, 4) is 0 Å². The molecule has 0 unspecified atom stereocenters. The lowest BCUT2D eigenvalue weighted by molar-refractivity contribution is 0.0466. The summed E-state index contributed by atoms with van der Waals surface area (Å²) < 4.78 is 37.5. The van der Waals surface area contributed by atoms with Crippen LogP contribution in [0.1, 0.15) is 36.3 Å². The molecule has 0 saturated carbocycles. The Labute approximate surface area is 181 Å². The van der Waals surface area contributed by atoms with Crippen LogP contribution in [-0.4, -0.2) is 56.5 Å². The summed E-state index contributed by atoms with van der Waals surface area (Å²) in [4.78, 5) is 16.7. The minimum atomic E-state index is -3.59. The molecular formula is C20H27N3O5S2. The lowest BCUT2D eigenvalue weighted by Crippen LogP contribution is -2.40. The number of nitrogens with one attached hydrogen (secondary N) is 1. The van der Waals surface area contributed by atoms with E-state index >= 15 is 0 Å². The highest BCUT2D eigenvalue weighted by atomic mass is 32.2. The molecule has 0 atom stereocenters. The average Bonchev–Trinajstić information content (AvgIpc) is 3.21. The predicted molar refractivity (Wildman–Crippen MR) is 115 cm³/mol. The first-order chi connectivity index (χ1) is 14.4. The molecule has 1 aromatic carbocycles. The molecule has 1 saturated heterocycles. The topological polar surface area (TPSA) is 97.8 Å². The smallest absolute Gasteiger partial charge is 0.358 e. The van der Waals surface area contributed by atoms with Crippen LogP contribution in [0, 0.1) is 5.92 Å². The number of rotatable bonds is 9. The van der Waals surface area contributed by atoms with Gasteiger partial charge in [0, 0.05) is 25.0 Å². The number of ether oxygens (including phenoxy) is 2. The molecule has 1 aromatic heterocycles. The Kier molecular flexibility index (Phi) is 7.81. The Morgan fingerprint density at radius 3 is 2.83 bits per heavy atom. The zero-order valence-corrected chi connectivity index (χ0v) is 18.8. The van der Waals surface area contributed by atoms with E-state index in [4.69, 9.17) is 9.47 Å². The van der Waals surface area contributed by atoms with Gasteiger partial charge in [-0.05, 0) is 30.0 Å². The normalized spacial score (nSPS) is 15.3. The summed E-state index contributed by atoms with van der Waals surface area (Å²) in [5.41, 5.74) is 0.840. The van der Waals surface area contributed by atoms with Gasteiger partial charge in [0.2, 0.25) is 10.0 Å². The molecule has 2 aromatic rings. The Morgan fingerprint density at radius 2 is 2.10 bits per heavy atom. The number of sulfonamides is 1. The first-order valence-corrected chi connectivity index (χ1v) is 12.2. The van der Waals surface area contributed by atoms with E-state index in [0.717, 1.165) is 13.0 Å². The van der Waals surface area contributed by atoms with E-state index < -0.39 is 16.0 Å². The summed E-state index contributed by atoms with van der Waals surface area (Å²) in [7, 11) is -3.59. The van der Waals surface area contributed by atoms with Gasteiger partial charge in [-0.25, -0.2) is 18.2 Å². The molecule has 3 rings (SSSR count). The molecule has 2 heterocycles. The van der Waals surface area contributed by atoms with Gasteiger partial charge in [-0.3, -0.25) is 0 Å². The van der Waals surface area contributed by atoms with Crippen LogP contribution in [0.4, 0.5) is 5.13 Å². The van der Waals surface area contributed by atoms with Gasteiger partial charge in [0.05, 0.1) is 18.1 Å². The molecular weight excluding hydrogens is 426 g/mol. The number of thiazole rings is 1. The van der Waals surface area contributed by atoms with E-state index in [-0.39, 0.29) is 17.2 Å². The molecule has 0 aliphatic carbocycles.